The minimum absolute atomic E-state index is 0.136. The molecule has 0 spiro atoms. The first kappa shape index (κ1) is 22.7. The molecule has 0 fully saturated rings. The molecule has 0 aromatic heterocycles. The monoisotopic (exact) mass is 517 g/mol. The Balaban J connectivity index is 3.04. The number of allylic oxidation sites excluding steroid dienone is 4. The fourth-order valence-electron chi connectivity index (χ4n) is 3.52. The van der Waals surface area contributed by atoms with Crippen LogP contribution in [0.2, 0.25) is 0 Å². The largest absolute Gasteiger partial charge is 0.433 e. The van der Waals surface area contributed by atoms with E-state index in [2.05, 4.69) is 0 Å². The third-order valence-electron chi connectivity index (χ3n) is 4.63. The molecule has 0 amide bonds. The van der Waals surface area contributed by atoms with Gasteiger partial charge in [-0.05, 0) is 50.6 Å². The lowest BCUT2D eigenvalue weighted by molar-refractivity contribution is -0.354. The van der Waals surface area contributed by atoms with Gasteiger partial charge in [0.1, 0.15) is 0 Å². The van der Waals surface area contributed by atoms with Crippen molar-refractivity contribution in [3.63, 3.8) is 0 Å². The topological polar surface area (TPSA) is 23.8 Å². The molecule has 0 bridgehead atoms. The molecule has 0 N–H and O–H groups in total. The smallest absolute Gasteiger partial charge is 0.222 e. The van der Waals surface area contributed by atoms with Crippen LogP contribution in [0.1, 0.15) is 37.3 Å². The second-order valence-electron chi connectivity index (χ2n) is 6.50. The molecular weight excluding hydrogens is 502 g/mol. The molecule has 0 heterocycles. The van der Waals surface area contributed by atoms with Crippen molar-refractivity contribution in [1.82, 2.24) is 0 Å². The first-order chi connectivity index (χ1) is 12.8. The predicted octanol–water partition coefficient (Wildman–Crippen LogP) is 7.08. The number of halogens is 8. The van der Waals surface area contributed by atoms with Gasteiger partial charge in [-0.25, -0.2) is 4.39 Å². The second kappa shape index (κ2) is 7.69. The average molecular weight is 517 g/mol. The van der Waals surface area contributed by atoms with Crippen molar-refractivity contribution in [3.8, 4) is 6.07 Å². The molecule has 1 unspecified atom stereocenters. The lowest BCUT2D eigenvalue weighted by Crippen LogP contribution is -2.65. The Morgan fingerprint density at radius 1 is 1.04 bits per heavy atom. The van der Waals surface area contributed by atoms with Crippen LogP contribution in [0.25, 0.3) is 0 Å². The average Bonchev–Trinajstić information content (AvgIpc) is 2.58. The highest BCUT2D eigenvalue weighted by atomic mass is 127. The lowest BCUT2D eigenvalue weighted by atomic mass is 9.63. The molecule has 0 saturated carbocycles. The van der Waals surface area contributed by atoms with Crippen LogP contribution in [0.3, 0.4) is 0 Å². The van der Waals surface area contributed by atoms with Crippen LogP contribution >= 0.6 is 22.6 Å². The summed E-state index contributed by atoms with van der Waals surface area (Å²) < 4.78 is 98.1. The van der Waals surface area contributed by atoms with Crippen LogP contribution in [0.5, 0.6) is 0 Å². The zero-order valence-corrected chi connectivity index (χ0v) is 16.7. The molecule has 152 valence electrons. The molecule has 9 heteroatoms. The fourth-order valence-corrected chi connectivity index (χ4v) is 4.50. The van der Waals surface area contributed by atoms with Gasteiger partial charge in [0.05, 0.1) is 17.0 Å². The molecule has 1 aromatic rings. The van der Waals surface area contributed by atoms with Gasteiger partial charge in [0.15, 0.2) is 0 Å². The summed E-state index contributed by atoms with van der Waals surface area (Å²) in [6, 6.07) is 6.09. The minimum Gasteiger partial charge on any atom is -0.222 e. The Morgan fingerprint density at radius 3 is 2.11 bits per heavy atom. The summed E-state index contributed by atoms with van der Waals surface area (Å²) in [6.07, 6.45) is -10.4. The van der Waals surface area contributed by atoms with E-state index in [0.29, 0.717) is 12.5 Å². The number of alkyl halides is 7. The summed E-state index contributed by atoms with van der Waals surface area (Å²) in [6.45, 7) is 1.72. The van der Waals surface area contributed by atoms with Crippen molar-refractivity contribution in [1.29, 1.82) is 5.26 Å². The Kier molecular flexibility index (Phi) is 6.24. The SMILES string of the molecule is CCCC1=CC(c2ccccc2C#N)(C(F)(C(F)(F)F)C(F)(F)F)C=C(I)C1. The van der Waals surface area contributed by atoms with Crippen LogP contribution in [-0.2, 0) is 5.41 Å². The molecule has 0 aliphatic heterocycles. The van der Waals surface area contributed by atoms with Crippen molar-refractivity contribution < 1.29 is 30.7 Å². The molecule has 0 radical (unpaired) electrons. The van der Waals surface area contributed by atoms with Crippen molar-refractivity contribution >= 4 is 22.6 Å². The maximum Gasteiger partial charge on any atom is 0.433 e. The molecule has 1 nitrogen and oxygen atoms in total. The Labute approximate surface area is 171 Å². The summed E-state index contributed by atoms with van der Waals surface area (Å²) >= 11 is 1.62. The van der Waals surface area contributed by atoms with Gasteiger partial charge in [0, 0.05) is 0 Å². The van der Waals surface area contributed by atoms with E-state index in [1.165, 1.54) is 12.1 Å². The standard InChI is InChI=1S/C19H15F7IN/c1-2-5-12-8-14(27)10-16(9-12,15-7-4-3-6-13(15)11-28)17(20,18(21,22)23)19(24,25)26/h3-4,6-7,9-10H,2,5,8H2,1H3. The zero-order chi connectivity index (χ0) is 21.4. The maximum absolute atomic E-state index is 15.5. The van der Waals surface area contributed by atoms with E-state index >= 15 is 4.39 Å². The first-order valence-corrected chi connectivity index (χ1v) is 9.31. The number of nitrogens with zero attached hydrogens (tertiary/aromatic N) is 1. The molecule has 1 aliphatic rings. The van der Waals surface area contributed by atoms with Crippen LogP contribution in [-0.4, -0.2) is 18.0 Å². The highest BCUT2D eigenvalue weighted by Crippen LogP contribution is 2.60. The van der Waals surface area contributed by atoms with E-state index in [1.54, 1.807) is 35.6 Å². The molecule has 0 saturated heterocycles. The predicted molar refractivity (Wildman–Crippen MR) is 98.5 cm³/mol. The van der Waals surface area contributed by atoms with E-state index < -0.39 is 34.6 Å². The maximum atomic E-state index is 15.5. The summed E-state index contributed by atoms with van der Waals surface area (Å²) in [5.41, 5.74) is -9.72. The van der Waals surface area contributed by atoms with E-state index in [-0.39, 0.29) is 22.0 Å². The van der Waals surface area contributed by atoms with E-state index in [4.69, 9.17) is 0 Å². The number of benzene rings is 1. The van der Waals surface area contributed by atoms with Crippen molar-refractivity contribution in [2.24, 2.45) is 0 Å². The van der Waals surface area contributed by atoms with Gasteiger partial charge in [-0.1, -0.05) is 49.3 Å². The van der Waals surface area contributed by atoms with Crippen LogP contribution in [0, 0.1) is 11.3 Å². The molecule has 28 heavy (non-hydrogen) atoms. The third-order valence-corrected chi connectivity index (χ3v) is 5.32. The highest BCUT2D eigenvalue weighted by molar-refractivity contribution is 14.1. The zero-order valence-electron chi connectivity index (χ0n) is 14.6. The Bertz CT molecular complexity index is 831. The second-order valence-corrected chi connectivity index (χ2v) is 7.89. The van der Waals surface area contributed by atoms with E-state index in [9.17, 15) is 31.6 Å². The van der Waals surface area contributed by atoms with E-state index in [0.717, 1.165) is 18.2 Å². The highest BCUT2D eigenvalue weighted by Gasteiger charge is 2.81. The van der Waals surface area contributed by atoms with Crippen LogP contribution in [0.4, 0.5) is 30.7 Å². The van der Waals surface area contributed by atoms with Crippen molar-refractivity contribution in [3.05, 3.63) is 56.7 Å². The quantitative estimate of drug-likeness (QED) is 0.238. The number of hydrogen-bond donors (Lipinski definition) is 0. The van der Waals surface area contributed by atoms with Gasteiger partial charge >= 0.3 is 18.0 Å². The van der Waals surface area contributed by atoms with Crippen LogP contribution in [0.15, 0.2) is 45.6 Å². The van der Waals surface area contributed by atoms with E-state index in [1.807, 2.05) is 0 Å². The van der Waals surface area contributed by atoms with Gasteiger partial charge in [-0.3, -0.25) is 0 Å². The Hall–Kier alpha value is -1.57. The van der Waals surface area contributed by atoms with Crippen molar-refractivity contribution in [2.75, 3.05) is 0 Å². The van der Waals surface area contributed by atoms with Gasteiger partial charge < -0.3 is 0 Å². The normalized spacial score (nSPS) is 21.0. The molecule has 1 aliphatic carbocycles. The summed E-state index contributed by atoms with van der Waals surface area (Å²) in [4.78, 5) is 0. The summed E-state index contributed by atoms with van der Waals surface area (Å²) in [5.74, 6) is 0. The molecule has 2 rings (SSSR count). The summed E-state index contributed by atoms with van der Waals surface area (Å²) in [5, 5.41) is 9.29. The fraction of sp³-hybridized carbons (Fsp3) is 0.421. The first-order valence-electron chi connectivity index (χ1n) is 8.24. The van der Waals surface area contributed by atoms with Gasteiger partial charge in [0.25, 0.3) is 0 Å². The molecule has 1 atom stereocenters. The third kappa shape index (κ3) is 3.55. The molecule has 1 aromatic carbocycles. The number of nitriles is 1. The van der Waals surface area contributed by atoms with Crippen LogP contribution < -0.4 is 0 Å². The Morgan fingerprint density at radius 2 is 1.61 bits per heavy atom. The van der Waals surface area contributed by atoms with Gasteiger partial charge in [0.2, 0.25) is 0 Å². The number of hydrogen-bond acceptors (Lipinski definition) is 1. The summed E-state index contributed by atoms with van der Waals surface area (Å²) in [7, 11) is 0. The van der Waals surface area contributed by atoms with Gasteiger partial charge in [-0.15, -0.1) is 0 Å². The van der Waals surface area contributed by atoms with Gasteiger partial charge in [-0.2, -0.15) is 31.6 Å². The van der Waals surface area contributed by atoms with Crippen molar-refractivity contribution in [2.45, 2.75) is 49.6 Å². The molecular formula is C19H15F7IN. The number of rotatable bonds is 4. The minimum atomic E-state index is -6.27. The lowest BCUT2D eigenvalue weighted by Gasteiger charge is -2.46.